The zero-order valence-corrected chi connectivity index (χ0v) is 15.7. The molecule has 0 N–H and O–H groups in total. The lowest BCUT2D eigenvalue weighted by Crippen LogP contribution is -2.11. The van der Waals surface area contributed by atoms with Crippen LogP contribution in [-0.4, -0.2) is 11.0 Å². The third-order valence-electron chi connectivity index (χ3n) is 3.99. The molecule has 3 nitrogen and oxygen atoms in total. The Morgan fingerprint density at radius 3 is 2.36 bits per heavy atom. The van der Waals surface area contributed by atoms with E-state index in [-0.39, 0.29) is 12.4 Å². The average molecular weight is 351 g/mol. The molecule has 0 aliphatic rings. The van der Waals surface area contributed by atoms with Gasteiger partial charge in [-0.2, -0.15) is 0 Å². The van der Waals surface area contributed by atoms with Gasteiger partial charge in [0.25, 0.3) is 0 Å². The van der Waals surface area contributed by atoms with Crippen molar-refractivity contribution in [3.05, 3.63) is 69.0 Å². The number of hydrogen-bond acceptors (Lipinski definition) is 4. The summed E-state index contributed by atoms with van der Waals surface area (Å²) < 4.78 is 5.56. The second-order valence-corrected chi connectivity index (χ2v) is 7.58. The summed E-state index contributed by atoms with van der Waals surface area (Å²) in [6.07, 6.45) is 0.224. The third-order valence-corrected chi connectivity index (χ3v) is 4.96. The summed E-state index contributed by atoms with van der Waals surface area (Å²) in [4.78, 5) is 18.0. The van der Waals surface area contributed by atoms with Crippen molar-refractivity contribution >= 4 is 17.3 Å². The van der Waals surface area contributed by atoms with E-state index < -0.39 is 0 Å². The Balaban J connectivity index is 1.81. The Morgan fingerprint density at radius 1 is 1.00 bits per heavy atom. The van der Waals surface area contributed by atoms with Crippen LogP contribution in [0.1, 0.15) is 26.6 Å². The summed E-state index contributed by atoms with van der Waals surface area (Å²) in [5.74, 6) is 0.359. The van der Waals surface area contributed by atoms with Crippen molar-refractivity contribution in [3.63, 3.8) is 0 Å². The van der Waals surface area contributed by atoms with Crippen LogP contribution in [0.3, 0.4) is 0 Å². The number of carbonyl (C=O) groups excluding carboxylic acids is 1. The molecule has 1 heterocycles. The van der Waals surface area contributed by atoms with E-state index in [4.69, 9.17) is 4.74 Å². The van der Waals surface area contributed by atoms with E-state index in [1.165, 1.54) is 5.56 Å². The van der Waals surface area contributed by atoms with Gasteiger partial charge in [0, 0.05) is 10.4 Å². The van der Waals surface area contributed by atoms with Gasteiger partial charge in [-0.15, -0.1) is 11.3 Å². The third kappa shape index (κ3) is 4.15. The molecule has 0 bridgehead atoms. The Morgan fingerprint density at radius 2 is 1.68 bits per heavy atom. The van der Waals surface area contributed by atoms with E-state index >= 15 is 0 Å². The lowest BCUT2D eigenvalue weighted by Gasteiger charge is -2.08. The van der Waals surface area contributed by atoms with Gasteiger partial charge in [0.15, 0.2) is 0 Å². The molecule has 0 unspecified atom stereocenters. The molecule has 0 saturated carbocycles. The number of hydrogen-bond donors (Lipinski definition) is 0. The van der Waals surface area contributed by atoms with Crippen molar-refractivity contribution in [3.8, 4) is 17.0 Å². The van der Waals surface area contributed by atoms with Crippen LogP contribution in [-0.2, 0) is 11.2 Å². The van der Waals surface area contributed by atoms with E-state index in [0.717, 1.165) is 32.3 Å². The quantitative estimate of drug-likeness (QED) is 0.479. The first-order valence-corrected chi connectivity index (χ1v) is 9.05. The number of nitrogens with zero attached hydrogens (tertiary/aromatic N) is 1. The highest BCUT2D eigenvalue weighted by atomic mass is 32.1. The molecule has 25 heavy (non-hydrogen) atoms. The normalized spacial score (nSPS) is 10.7. The zero-order valence-electron chi connectivity index (χ0n) is 14.9. The number of carbonyl (C=O) groups is 1. The largest absolute Gasteiger partial charge is 0.426 e. The topological polar surface area (TPSA) is 39.2 Å². The number of aryl methyl sites for hydroxylation is 4. The van der Waals surface area contributed by atoms with Gasteiger partial charge in [-0.25, -0.2) is 4.98 Å². The molecule has 0 radical (unpaired) electrons. The van der Waals surface area contributed by atoms with Gasteiger partial charge >= 0.3 is 5.97 Å². The van der Waals surface area contributed by atoms with Gasteiger partial charge in [0.05, 0.1) is 17.1 Å². The smallest absolute Gasteiger partial charge is 0.316 e. The second kappa shape index (κ2) is 7.19. The first-order chi connectivity index (χ1) is 11.9. The van der Waals surface area contributed by atoms with Gasteiger partial charge < -0.3 is 4.74 Å². The lowest BCUT2D eigenvalue weighted by molar-refractivity contribution is -0.133. The summed E-state index contributed by atoms with van der Waals surface area (Å²) in [6.45, 7) is 7.98. The zero-order chi connectivity index (χ0) is 18.0. The maximum atomic E-state index is 12.4. The van der Waals surface area contributed by atoms with E-state index in [1.807, 2.05) is 51.1 Å². The van der Waals surface area contributed by atoms with E-state index in [1.54, 1.807) is 11.3 Å². The molecule has 0 atom stereocenters. The van der Waals surface area contributed by atoms with Crippen molar-refractivity contribution in [1.29, 1.82) is 0 Å². The first-order valence-electron chi connectivity index (χ1n) is 8.23. The van der Waals surface area contributed by atoms with Gasteiger partial charge in [-0.1, -0.05) is 47.5 Å². The van der Waals surface area contributed by atoms with Crippen molar-refractivity contribution in [2.45, 2.75) is 34.1 Å². The molecule has 0 aliphatic heterocycles. The molecule has 3 aromatic rings. The molecule has 0 spiro atoms. The number of benzene rings is 2. The van der Waals surface area contributed by atoms with Crippen LogP contribution >= 0.6 is 11.3 Å². The van der Waals surface area contributed by atoms with Crippen molar-refractivity contribution in [2.24, 2.45) is 0 Å². The molecule has 0 amide bonds. The highest BCUT2D eigenvalue weighted by Crippen LogP contribution is 2.29. The molecule has 128 valence electrons. The van der Waals surface area contributed by atoms with Crippen molar-refractivity contribution < 1.29 is 9.53 Å². The molecular weight excluding hydrogens is 330 g/mol. The fourth-order valence-corrected chi connectivity index (χ4v) is 3.67. The molecule has 2 aromatic carbocycles. The average Bonchev–Trinajstić information content (AvgIpc) is 2.91. The Labute approximate surface area is 152 Å². The van der Waals surface area contributed by atoms with E-state index in [0.29, 0.717) is 5.75 Å². The number of esters is 1. The Bertz CT molecular complexity index is 910. The fourth-order valence-electron chi connectivity index (χ4n) is 2.73. The van der Waals surface area contributed by atoms with Gasteiger partial charge in [0.1, 0.15) is 5.75 Å². The summed E-state index contributed by atoms with van der Waals surface area (Å²) in [5, 5.41) is 0.949. The molecule has 4 heteroatoms. The minimum atomic E-state index is -0.260. The monoisotopic (exact) mass is 351 g/mol. The number of ether oxygens (including phenoxy) is 1. The van der Waals surface area contributed by atoms with Crippen molar-refractivity contribution in [2.75, 3.05) is 0 Å². The number of rotatable bonds is 4. The minimum absolute atomic E-state index is 0.224. The molecular formula is C21H21NO2S. The van der Waals surface area contributed by atoms with Crippen LogP contribution in [0.5, 0.6) is 5.75 Å². The summed E-state index contributed by atoms with van der Waals surface area (Å²) in [6, 6.07) is 14.0. The first kappa shape index (κ1) is 17.4. The van der Waals surface area contributed by atoms with Gasteiger partial charge in [0.2, 0.25) is 0 Å². The van der Waals surface area contributed by atoms with Crippen LogP contribution < -0.4 is 4.74 Å². The number of aromatic nitrogens is 1. The maximum absolute atomic E-state index is 12.4. The predicted molar refractivity (Wildman–Crippen MR) is 102 cm³/mol. The predicted octanol–water partition coefficient (Wildman–Crippen LogP) is 5.19. The summed E-state index contributed by atoms with van der Waals surface area (Å²) in [5.41, 5.74) is 5.22. The standard InChI is InChI=1S/C21H21NO2S/c1-13-5-8-17(9-6-13)21-19(25-16(4)22-21)12-20(23)24-18-10-7-14(2)11-15(18)3/h5-11H,12H2,1-4H3. The van der Waals surface area contributed by atoms with Crippen LogP contribution in [0.4, 0.5) is 0 Å². The lowest BCUT2D eigenvalue weighted by atomic mass is 10.1. The molecule has 0 aliphatic carbocycles. The van der Waals surface area contributed by atoms with E-state index in [2.05, 4.69) is 24.0 Å². The fraction of sp³-hybridized carbons (Fsp3) is 0.238. The van der Waals surface area contributed by atoms with Crippen LogP contribution in [0, 0.1) is 27.7 Å². The van der Waals surface area contributed by atoms with Crippen LogP contribution in [0.25, 0.3) is 11.3 Å². The number of thiazole rings is 1. The minimum Gasteiger partial charge on any atom is -0.426 e. The molecule has 0 saturated heterocycles. The summed E-state index contributed by atoms with van der Waals surface area (Å²) >= 11 is 1.55. The highest BCUT2D eigenvalue weighted by molar-refractivity contribution is 7.12. The summed E-state index contributed by atoms with van der Waals surface area (Å²) in [7, 11) is 0. The maximum Gasteiger partial charge on any atom is 0.316 e. The van der Waals surface area contributed by atoms with E-state index in [9.17, 15) is 4.79 Å². The van der Waals surface area contributed by atoms with Gasteiger partial charge in [-0.3, -0.25) is 4.79 Å². The van der Waals surface area contributed by atoms with Crippen molar-refractivity contribution in [1.82, 2.24) is 4.98 Å². The van der Waals surface area contributed by atoms with Crippen LogP contribution in [0.2, 0.25) is 0 Å². The highest BCUT2D eigenvalue weighted by Gasteiger charge is 2.16. The van der Waals surface area contributed by atoms with Crippen LogP contribution in [0.15, 0.2) is 42.5 Å². The molecule has 0 fully saturated rings. The second-order valence-electron chi connectivity index (χ2n) is 6.29. The Hall–Kier alpha value is -2.46. The SMILES string of the molecule is Cc1ccc(-c2nc(C)sc2CC(=O)Oc2ccc(C)cc2C)cc1. The van der Waals surface area contributed by atoms with Gasteiger partial charge in [-0.05, 0) is 39.3 Å². The Kier molecular flexibility index (Phi) is 5.00. The molecule has 3 rings (SSSR count). The molecule has 1 aromatic heterocycles.